The van der Waals surface area contributed by atoms with Gasteiger partial charge in [0.15, 0.2) is 5.96 Å². The second-order valence-corrected chi connectivity index (χ2v) is 4.94. The lowest BCUT2D eigenvalue weighted by atomic mass is 10.2. The van der Waals surface area contributed by atoms with Crippen molar-refractivity contribution in [1.29, 1.82) is 0 Å². The Labute approximate surface area is 138 Å². The van der Waals surface area contributed by atoms with Crippen LogP contribution in [0.4, 0.5) is 0 Å². The number of aliphatic imine (C=N–C) groups is 1. The van der Waals surface area contributed by atoms with Crippen LogP contribution in [-0.4, -0.2) is 56.7 Å². The summed E-state index contributed by atoms with van der Waals surface area (Å²) in [6.45, 7) is 7.41. The van der Waals surface area contributed by atoms with E-state index in [9.17, 15) is 4.79 Å². The Morgan fingerprint density at radius 3 is 2.57 bits per heavy atom. The molecule has 1 aromatic carbocycles. The summed E-state index contributed by atoms with van der Waals surface area (Å²) in [5.41, 5.74) is 1.13. The zero-order chi connectivity index (χ0) is 16.9. The van der Waals surface area contributed by atoms with Crippen molar-refractivity contribution in [2.45, 2.75) is 20.4 Å². The smallest absolute Gasteiger partial charge is 0.242 e. The number of benzene rings is 1. The van der Waals surface area contributed by atoms with E-state index in [2.05, 4.69) is 15.6 Å². The van der Waals surface area contributed by atoms with Crippen molar-refractivity contribution in [2.75, 3.05) is 39.9 Å². The molecule has 0 unspecified atom stereocenters. The van der Waals surface area contributed by atoms with Gasteiger partial charge in [0.05, 0.1) is 13.2 Å². The van der Waals surface area contributed by atoms with E-state index in [1.54, 1.807) is 7.05 Å². The number of carbonyl (C=O) groups is 1. The van der Waals surface area contributed by atoms with Crippen molar-refractivity contribution in [3.63, 3.8) is 0 Å². The molecule has 128 valence electrons. The first-order chi connectivity index (χ1) is 11.2. The van der Waals surface area contributed by atoms with Crippen LogP contribution in [0, 0.1) is 0 Å². The number of rotatable bonds is 9. The zero-order valence-electron chi connectivity index (χ0n) is 14.3. The maximum Gasteiger partial charge on any atom is 0.242 e. The first-order valence-electron chi connectivity index (χ1n) is 8.05. The fraction of sp³-hybridized carbons (Fsp3) is 0.529. The van der Waals surface area contributed by atoms with Gasteiger partial charge < -0.3 is 20.3 Å². The highest BCUT2D eigenvalue weighted by atomic mass is 16.5. The Morgan fingerprint density at radius 1 is 1.22 bits per heavy atom. The van der Waals surface area contributed by atoms with Gasteiger partial charge in [0.25, 0.3) is 0 Å². The molecule has 2 N–H and O–H groups in total. The highest BCUT2D eigenvalue weighted by Gasteiger charge is 2.12. The first kappa shape index (κ1) is 19.0. The quantitative estimate of drug-likeness (QED) is 0.408. The molecule has 0 heterocycles. The molecule has 6 heteroatoms. The van der Waals surface area contributed by atoms with Gasteiger partial charge in [-0.3, -0.25) is 9.79 Å². The lowest BCUT2D eigenvalue weighted by Gasteiger charge is -2.22. The number of hydrogen-bond acceptors (Lipinski definition) is 3. The van der Waals surface area contributed by atoms with Gasteiger partial charge in [0.2, 0.25) is 5.91 Å². The molecule has 1 rings (SSSR count). The standard InChI is InChI=1S/C17H28N4O2/c1-4-21(14-15-9-7-6-8-10-15)16(22)13-20-17(18-3)19-11-12-23-5-2/h6-10H,4-5,11-14H2,1-3H3,(H2,18,19,20). The molecular formula is C17H28N4O2. The molecule has 0 spiro atoms. The molecule has 0 atom stereocenters. The van der Waals surface area contributed by atoms with Crippen molar-refractivity contribution in [3.8, 4) is 0 Å². The van der Waals surface area contributed by atoms with Gasteiger partial charge in [-0.25, -0.2) is 0 Å². The third-order valence-electron chi connectivity index (χ3n) is 3.32. The Morgan fingerprint density at radius 2 is 1.96 bits per heavy atom. The van der Waals surface area contributed by atoms with Gasteiger partial charge in [-0.05, 0) is 19.4 Å². The average Bonchev–Trinajstić information content (AvgIpc) is 2.59. The summed E-state index contributed by atoms with van der Waals surface area (Å²) < 4.78 is 5.26. The van der Waals surface area contributed by atoms with E-state index in [0.29, 0.717) is 38.8 Å². The lowest BCUT2D eigenvalue weighted by Crippen LogP contribution is -2.45. The minimum Gasteiger partial charge on any atom is -0.380 e. The van der Waals surface area contributed by atoms with E-state index in [0.717, 1.165) is 5.56 Å². The van der Waals surface area contributed by atoms with Crippen molar-refractivity contribution in [1.82, 2.24) is 15.5 Å². The number of carbonyl (C=O) groups excluding carboxylic acids is 1. The van der Waals surface area contributed by atoms with Gasteiger partial charge in [-0.15, -0.1) is 0 Å². The fourth-order valence-corrected chi connectivity index (χ4v) is 2.06. The number of ether oxygens (including phenoxy) is 1. The van der Waals surface area contributed by atoms with Crippen LogP contribution in [-0.2, 0) is 16.1 Å². The van der Waals surface area contributed by atoms with E-state index in [1.165, 1.54) is 0 Å². The van der Waals surface area contributed by atoms with Crippen molar-refractivity contribution >= 4 is 11.9 Å². The highest BCUT2D eigenvalue weighted by molar-refractivity contribution is 5.86. The molecule has 23 heavy (non-hydrogen) atoms. The predicted octanol–water partition coefficient (Wildman–Crippen LogP) is 1.24. The summed E-state index contributed by atoms with van der Waals surface area (Å²) >= 11 is 0. The molecule has 6 nitrogen and oxygen atoms in total. The van der Waals surface area contributed by atoms with Crippen LogP contribution in [0.25, 0.3) is 0 Å². The Balaban J connectivity index is 2.40. The molecule has 0 aliphatic carbocycles. The van der Waals surface area contributed by atoms with Crippen molar-refractivity contribution in [2.24, 2.45) is 4.99 Å². The third kappa shape index (κ3) is 7.65. The summed E-state index contributed by atoms with van der Waals surface area (Å²) in [7, 11) is 1.68. The first-order valence-corrected chi connectivity index (χ1v) is 8.05. The summed E-state index contributed by atoms with van der Waals surface area (Å²) in [5, 5.41) is 6.15. The minimum absolute atomic E-state index is 0.0455. The fourth-order valence-electron chi connectivity index (χ4n) is 2.06. The van der Waals surface area contributed by atoms with Gasteiger partial charge in [0.1, 0.15) is 0 Å². The zero-order valence-corrected chi connectivity index (χ0v) is 14.3. The molecule has 0 bridgehead atoms. The maximum absolute atomic E-state index is 12.3. The topological polar surface area (TPSA) is 66.0 Å². The maximum atomic E-state index is 12.3. The molecular weight excluding hydrogens is 292 g/mol. The van der Waals surface area contributed by atoms with E-state index in [1.807, 2.05) is 49.1 Å². The van der Waals surface area contributed by atoms with Crippen molar-refractivity contribution < 1.29 is 9.53 Å². The monoisotopic (exact) mass is 320 g/mol. The van der Waals surface area contributed by atoms with Gasteiger partial charge in [0, 0.05) is 33.3 Å². The number of amides is 1. The van der Waals surface area contributed by atoms with E-state index in [-0.39, 0.29) is 12.5 Å². The van der Waals surface area contributed by atoms with Crippen LogP contribution in [0.15, 0.2) is 35.3 Å². The van der Waals surface area contributed by atoms with Crippen molar-refractivity contribution in [3.05, 3.63) is 35.9 Å². The van der Waals surface area contributed by atoms with Crippen LogP contribution < -0.4 is 10.6 Å². The SMILES string of the molecule is CCOCCNC(=NC)NCC(=O)N(CC)Cc1ccccc1. The summed E-state index contributed by atoms with van der Waals surface area (Å²) in [6.07, 6.45) is 0. The molecule has 1 aromatic rings. The molecule has 0 aromatic heterocycles. The highest BCUT2D eigenvalue weighted by Crippen LogP contribution is 2.04. The second-order valence-electron chi connectivity index (χ2n) is 4.94. The van der Waals surface area contributed by atoms with E-state index < -0.39 is 0 Å². The molecule has 0 saturated heterocycles. The third-order valence-corrected chi connectivity index (χ3v) is 3.32. The van der Waals surface area contributed by atoms with Crippen LogP contribution in [0.2, 0.25) is 0 Å². The summed E-state index contributed by atoms with van der Waals surface area (Å²) in [5.74, 6) is 0.651. The van der Waals surface area contributed by atoms with Crippen LogP contribution in [0.3, 0.4) is 0 Å². The molecule has 1 amide bonds. The minimum atomic E-state index is 0.0455. The van der Waals surface area contributed by atoms with Crippen LogP contribution in [0.5, 0.6) is 0 Å². The number of guanidine groups is 1. The summed E-state index contributed by atoms with van der Waals surface area (Å²) in [4.78, 5) is 18.2. The Kier molecular flexibility index (Phi) is 9.47. The number of hydrogen-bond donors (Lipinski definition) is 2. The largest absolute Gasteiger partial charge is 0.380 e. The van der Waals surface area contributed by atoms with Crippen LogP contribution >= 0.6 is 0 Å². The van der Waals surface area contributed by atoms with Gasteiger partial charge >= 0.3 is 0 Å². The van der Waals surface area contributed by atoms with Crippen LogP contribution in [0.1, 0.15) is 19.4 Å². The Bertz CT molecular complexity index is 477. The molecule has 0 aliphatic rings. The predicted molar refractivity (Wildman–Crippen MR) is 93.4 cm³/mol. The normalized spacial score (nSPS) is 11.2. The van der Waals surface area contributed by atoms with Gasteiger partial charge in [-0.2, -0.15) is 0 Å². The van der Waals surface area contributed by atoms with Gasteiger partial charge in [-0.1, -0.05) is 30.3 Å². The molecule has 0 radical (unpaired) electrons. The second kappa shape index (κ2) is 11.5. The summed E-state index contributed by atoms with van der Waals surface area (Å²) in [6, 6.07) is 9.99. The lowest BCUT2D eigenvalue weighted by molar-refractivity contribution is -0.130. The number of likely N-dealkylation sites (N-methyl/N-ethyl adjacent to an activating group) is 1. The molecule has 0 saturated carbocycles. The Hall–Kier alpha value is -2.08. The van der Waals surface area contributed by atoms with E-state index in [4.69, 9.17) is 4.74 Å². The average molecular weight is 320 g/mol. The number of nitrogens with zero attached hydrogens (tertiary/aromatic N) is 2. The number of nitrogens with one attached hydrogen (secondary N) is 2. The molecule has 0 aliphatic heterocycles. The molecule has 0 fully saturated rings. The van der Waals surface area contributed by atoms with E-state index >= 15 is 0 Å².